The molecule has 2 aromatic rings. The minimum Gasteiger partial charge on any atom is -0.362 e. The lowest BCUT2D eigenvalue weighted by molar-refractivity contribution is -0.110. The van der Waals surface area contributed by atoms with E-state index in [0.717, 1.165) is 28.1 Å². The van der Waals surface area contributed by atoms with Gasteiger partial charge in [-0.15, -0.1) is 0 Å². The fraction of sp³-hybridized carbons (Fsp3) is 0.0714. The van der Waals surface area contributed by atoms with Crippen LogP contribution in [0.4, 0.5) is 5.69 Å². The molecule has 0 unspecified atom stereocenters. The Morgan fingerprint density at radius 3 is 2.82 bits per heavy atom. The van der Waals surface area contributed by atoms with E-state index < -0.39 is 0 Å². The van der Waals surface area contributed by atoms with E-state index in [1.807, 2.05) is 49.5 Å². The van der Waals surface area contributed by atoms with Gasteiger partial charge in [0.05, 0.1) is 5.57 Å². The van der Waals surface area contributed by atoms with Crippen LogP contribution in [-0.4, -0.2) is 10.9 Å². The van der Waals surface area contributed by atoms with Crippen molar-refractivity contribution in [3.8, 4) is 0 Å². The molecular weight excluding hydrogens is 212 g/mol. The summed E-state index contributed by atoms with van der Waals surface area (Å²) in [6.45, 7) is 2.02. The van der Waals surface area contributed by atoms with Crippen LogP contribution in [0.2, 0.25) is 0 Å². The Labute approximate surface area is 99.2 Å². The maximum Gasteiger partial charge on any atom is 0.256 e. The molecule has 1 amide bonds. The molecule has 1 aromatic carbocycles. The van der Waals surface area contributed by atoms with Crippen LogP contribution >= 0.6 is 0 Å². The van der Waals surface area contributed by atoms with Crippen LogP contribution in [0.15, 0.2) is 36.5 Å². The van der Waals surface area contributed by atoms with Gasteiger partial charge in [-0.3, -0.25) is 4.79 Å². The number of aromatic nitrogens is 1. The third-order valence-corrected chi connectivity index (χ3v) is 2.96. The van der Waals surface area contributed by atoms with Gasteiger partial charge in [0.25, 0.3) is 5.91 Å². The molecule has 0 aliphatic carbocycles. The van der Waals surface area contributed by atoms with Gasteiger partial charge in [0.15, 0.2) is 0 Å². The lowest BCUT2D eigenvalue weighted by Gasteiger charge is -2.02. The predicted octanol–water partition coefficient (Wildman–Crippen LogP) is 2.82. The van der Waals surface area contributed by atoms with Crippen molar-refractivity contribution < 1.29 is 4.79 Å². The van der Waals surface area contributed by atoms with E-state index in [1.54, 1.807) is 0 Å². The first-order chi connectivity index (χ1) is 8.25. The number of hydrogen-bond acceptors (Lipinski definition) is 1. The molecule has 0 atom stereocenters. The normalized spacial score (nSPS) is 16.1. The van der Waals surface area contributed by atoms with Crippen LogP contribution in [0.1, 0.15) is 16.8 Å². The fourth-order valence-electron chi connectivity index (χ4n) is 2.16. The van der Waals surface area contributed by atoms with Crippen molar-refractivity contribution in [1.82, 2.24) is 4.98 Å². The highest BCUT2D eigenvalue weighted by Crippen LogP contribution is 2.35. The summed E-state index contributed by atoms with van der Waals surface area (Å²) in [6, 6.07) is 9.75. The minimum atomic E-state index is -0.0381. The zero-order valence-electron chi connectivity index (χ0n) is 9.45. The molecule has 84 valence electrons. The molecule has 3 rings (SSSR count). The van der Waals surface area contributed by atoms with Crippen LogP contribution in [0.5, 0.6) is 0 Å². The Morgan fingerprint density at radius 2 is 2.06 bits per heavy atom. The van der Waals surface area contributed by atoms with Crippen molar-refractivity contribution >= 4 is 23.2 Å². The minimum absolute atomic E-state index is 0.0381. The number of aryl methyl sites for hydroxylation is 1. The predicted molar refractivity (Wildman–Crippen MR) is 68.5 cm³/mol. The third kappa shape index (κ3) is 1.56. The van der Waals surface area contributed by atoms with E-state index in [-0.39, 0.29) is 5.91 Å². The number of hydrogen-bond donors (Lipinski definition) is 2. The zero-order chi connectivity index (χ0) is 11.8. The maximum absolute atomic E-state index is 11.9. The Hall–Kier alpha value is -2.29. The van der Waals surface area contributed by atoms with Crippen molar-refractivity contribution in [2.75, 3.05) is 5.32 Å². The molecule has 0 spiro atoms. The number of aromatic amines is 1. The van der Waals surface area contributed by atoms with Gasteiger partial charge in [-0.25, -0.2) is 0 Å². The van der Waals surface area contributed by atoms with E-state index in [4.69, 9.17) is 0 Å². The molecule has 0 saturated heterocycles. The number of anilines is 1. The number of H-pyrrole nitrogens is 1. The van der Waals surface area contributed by atoms with Crippen LogP contribution in [0, 0.1) is 6.92 Å². The molecule has 1 aliphatic rings. The molecule has 2 N–H and O–H groups in total. The number of carbonyl (C=O) groups excluding carboxylic acids is 1. The third-order valence-electron chi connectivity index (χ3n) is 2.96. The van der Waals surface area contributed by atoms with Crippen molar-refractivity contribution in [1.29, 1.82) is 0 Å². The second-order valence-corrected chi connectivity index (χ2v) is 4.14. The largest absolute Gasteiger partial charge is 0.362 e. The summed E-state index contributed by atoms with van der Waals surface area (Å²) >= 11 is 0. The first kappa shape index (κ1) is 9.90. The molecule has 2 heterocycles. The summed E-state index contributed by atoms with van der Waals surface area (Å²) in [5.74, 6) is -0.0381. The van der Waals surface area contributed by atoms with Crippen molar-refractivity contribution in [3.63, 3.8) is 0 Å². The summed E-state index contributed by atoms with van der Waals surface area (Å²) in [5, 5.41) is 2.88. The molecule has 0 bridgehead atoms. The molecule has 0 saturated carbocycles. The van der Waals surface area contributed by atoms with Gasteiger partial charge >= 0.3 is 0 Å². The van der Waals surface area contributed by atoms with E-state index >= 15 is 0 Å². The fourth-order valence-corrected chi connectivity index (χ4v) is 2.16. The summed E-state index contributed by atoms with van der Waals surface area (Å²) in [7, 11) is 0. The van der Waals surface area contributed by atoms with Gasteiger partial charge in [0.2, 0.25) is 0 Å². The Morgan fingerprint density at radius 1 is 1.18 bits per heavy atom. The Kier molecular flexibility index (Phi) is 2.11. The van der Waals surface area contributed by atoms with Gasteiger partial charge in [-0.05, 0) is 36.8 Å². The highest BCUT2D eigenvalue weighted by Gasteiger charge is 2.25. The second kappa shape index (κ2) is 3.63. The number of benzene rings is 1. The standard InChI is InChI=1S/C14H12N2O/c1-9-4-2-6-12-13(9)11(14(17)16-12)8-10-5-3-7-15-10/h2-8,15H,1H3,(H,16,17). The van der Waals surface area contributed by atoms with E-state index in [2.05, 4.69) is 10.3 Å². The highest BCUT2D eigenvalue weighted by atomic mass is 16.2. The van der Waals surface area contributed by atoms with Crippen LogP contribution in [-0.2, 0) is 4.79 Å². The summed E-state index contributed by atoms with van der Waals surface area (Å²) in [4.78, 5) is 15.0. The van der Waals surface area contributed by atoms with Gasteiger partial charge < -0.3 is 10.3 Å². The van der Waals surface area contributed by atoms with E-state index in [9.17, 15) is 4.79 Å². The zero-order valence-corrected chi connectivity index (χ0v) is 9.45. The van der Waals surface area contributed by atoms with Gasteiger partial charge in [-0.2, -0.15) is 0 Å². The summed E-state index contributed by atoms with van der Waals surface area (Å²) < 4.78 is 0. The van der Waals surface area contributed by atoms with Crippen molar-refractivity contribution in [2.24, 2.45) is 0 Å². The number of amides is 1. The van der Waals surface area contributed by atoms with Gasteiger partial charge in [0.1, 0.15) is 0 Å². The van der Waals surface area contributed by atoms with Crippen LogP contribution < -0.4 is 5.32 Å². The number of fused-ring (bicyclic) bond motifs is 1. The Balaban J connectivity index is 2.17. The number of nitrogens with one attached hydrogen (secondary N) is 2. The first-order valence-electron chi connectivity index (χ1n) is 5.52. The van der Waals surface area contributed by atoms with E-state index in [1.165, 1.54) is 0 Å². The molecule has 3 nitrogen and oxygen atoms in total. The van der Waals surface area contributed by atoms with Gasteiger partial charge in [0, 0.05) is 23.1 Å². The number of rotatable bonds is 1. The molecule has 17 heavy (non-hydrogen) atoms. The first-order valence-corrected chi connectivity index (χ1v) is 5.52. The monoisotopic (exact) mass is 224 g/mol. The van der Waals surface area contributed by atoms with Crippen LogP contribution in [0.25, 0.3) is 11.6 Å². The van der Waals surface area contributed by atoms with Crippen LogP contribution in [0.3, 0.4) is 0 Å². The maximum atomic E-state index is 11.9. The highest BCUT2D eigenvalue weighted by molar-refractivity contribution is 6.35. The molecule has 0 radical (unpaired) electrons. The topological polar surface area (TPSA) is 44.9 Å². The SMILES string of the molecule is Cc1cccc2c1C(=Cc1ccc[nH]1)C(=O)N2. The number of carbonyl (C=O) groups is 1. The Bertz CT molecular complexity index is 609. The van der Waals surface area contributed by atoms with Crippen molar-refractivity contribution in [2.45, 2.75) is 6.92 Å². The molecule has 0 fully saturated rings. The molecule has 1 aromatic heterocycles. The molecule has 3 heteroatoms. The average molecular weight is 224 g/mol. The summed E-state index contributed by atoms with van der Waals surface area (Å²) in [5.41, 5.74) is 4.67. The van der Waals surface area contributed by atoms with Crippen molar-refractivity contribution in [3.05, 3.63) is 53.3 Å². The van der Waals surface area contributed by atoms with Gasteiger partial charge in [-0.1, -0.05) is 12.1 Å². The summed E-state index contributed by atoms with van der Waals surface area (Å²) in [6.07, 6.45) is 3.73. The average Bonchev–Trinajstić information content (AvgIpc) is 2.89. The lowest BCUT2D eigenvalue weighted by Crippen LogP contribution is -2.03. The lowest BCUT2D eigenvalue weighted by atomic mass is 10.0. The molecular formula is C14H12N2O. The second-order valence-electron chi connectivity index (χ2n) is 4.14. The molecule has 1 aliphatic heterocycles. The van der Waals surface area contributed by atoms with E-state index in [0.29, 0.717) is 0 Å². The quantitative estimate of drug-likeness (QED) is 0.719. The smallest absolute Gasteiger partial charge is 0.256 e.